The summed E-state index contributed by atoms with van der Waals surface area (Å²) in [4.78, 5) is 22.2. The second-order valence-corrected chi connectivity index (χ2v) is 4.59. The highest BCUT2D eigenvalue weighted by Crippen LogP contribution is 2.18. The van der Waals surface area contributed by atoms with Crippen molar-refractivity contribution < 1.29 is 18.7 Å². The maximum atomic E-state index is 13.5. The molecule has 0 bridgehead atoms. The van der Waals surface area contributed by atoms with Crippen LogP contribution in [0.1, 0.15) is 10.4 Å². The van der Waals surface area contributed by atoms with Crippen molar-refractivity contribution in [3.63, 3.8) is 0 Å². The van der Waals surface area contributed by atoms with Crippen molar-refractivity contribution >= 4 is 29.5 Å². The van der Waals surface area contributed by atoms with Crippen molar-refractivity contribution in [3.05, 3.63) is 58.9 Å². The molecule has 0 saturated heterocycles. The summed E-state index contributed by atoms with van der Waals surface area (Å²) < 4.78 is 18.6. The van der Waals surface area contributed by atoms with Gasteiger partial charge in [-0.3, -0.25) is 9.59 Å². The Morgan fingerprint density at radius 2 is 2.10 bits per heavy atom. The zero-order valence-corrected chi connectivity index (χ0v) is 11.6. The molecule has 1 amide bonds. The molecule has 2 aromatic carbocycles. The summed E-state index contributed by atoms with van der Waals surface area (Å²) in [7, 11) is 0. The van der Waals surface area contributed by atoms with E-state index in [1.165, 1.54) is 12.1 Å². The van der Waals surface area contributed by atoms with Crippen LogP contribution in [0.3, 0.4) is 0 Å². The van der Waals surface area contributed by atoms with Gasteiger partial charge in [-0.25, -0.2) is 4.39 Å². The summed E-state index contributed by atoms with van der Waals surface area (Å²) in [5.41, 5.74) is 0.719. The second kappa shape index (κ2) is 6.85. The molecule has 6 heteroatoms. The lowest BCUT2D eigenvalue weighted by Crippen LogP contribution is -2.20. The predicted octanol–water partition coefficient (Wildman–Crippen LogP) is 3.31. The highest BCUT2D eigenvalue weighted by Gasteiger charge is 2.08. The van der Waals surface area contributed by atoms with Gasteiger partial charge in [-0.1, -0.05) is 17.7 Å². The highest BCUT2D eigenvalue weighted by molar-refractivity contribution is 6.30. The van der Waals surface area contributed by atoms with Crippen molar-refractivity contribution in [2.45, 2.75) is 0 Å². The lowest BCUT2D eigenvalue weighted by molar-refractivity contribution is -0.118. The van der Waals surface area contributed by atoms with Gasteiger partial charge in [0.15, 0.2) is 18.2 Å². The molecule has 2 aromatic rings. The Labute approximate surface area is 125 Å². The van der Waals surface area contributed by atoms with Crippen molar-refractivity contribution in [2.75, 3.05) is 11.9 Å². The van der Waals surface area contributed by atoms with Crippen LogP contribution in [0.25, 0.3) is 0 Å². The van der Waals surface area contributed by atoms with Crippen LogP contribution in [-0.4, -0.2) is 18.8 Å². The van der Waals surface area contributed by atoms with Crippen molar-refractivity contribution in [2.24, 2.45) is 0 Å². The number of hydrogen-bond donors (Lipinski definition) is 1. The largest absolute Gasteiger partial charge is 0.481 e. The van der Waals surface area contributed by atoms with E-state index in [0.717, 1.165) is 6.07 Å². The first-order chi connectivity index (χ1) is 10.1. The number of aldehydes is 1. The topological polar surface area (TPSA) is 55.4 Å². The Kier molecular flexibility index (Phi) is 4.90. The molecule has 0 radical (unpaired) electrons. The summed E-state index contributed by atoms with van der Waals surface area (Å²) in [6, 6.07) is 10.4. The SMILES string of the molecule is O=Cc1ccc(OCC(=O)Nc2cccc(Cl)c2)c(F)c1. The first-order valence-electron chi connectivity index (χ1n) is 6.01. The van der Waals surface area contributed by atoms with Crippen LogP contribution in [0, 0.1) is 5.82 Å². The fourth-order valence-electron chi connectivity index (χ4n) is 1.61. The van der Waals surface area contributed by atoms with E-state index in [1.807, 2.05) is 0 Å². The molecule has 4 nitrogen and oxygen atoms in total. The Morgan fingerprint density at radius 3 is 2.76 bits per heavy atom. The van der Waals surface area contributed by atoms with E-state index < -0.39 is 11.7 Å². The van der Waals surface area contributed by atoms with Gasteiger partial charge in [-0.2, -0.15) is 0 Å². The number of anilines is 1. The van der Waals surface area contributed by atoms with Crippen LogP contribution in [0.4, 0.5) is 10.1 Å². The van der Waals surface area contributed by atoms with Crippen LogP contribution < -0.4 is 10.1 Å². The quantitative estimate of drug-likeness (QED) is 0.862. The number of rotatable bonds is 5. The lowest BCUT2D eigenvalue weighted by Gasteiger charge is -2.08. The van der Waals surface area contributed by atoms with Gasteiger partial charge in [0.2, 0.25) is 0 Å². The molecule has 0 fully saturated rings. The molecule has 0 spiro atoms. The third-order valence-corrected chi connectivity index (χ3v) is 2.79. The van der Waals surface area contributed by atoms with Gasteiger partial charge in [-0.05, 0) is 36.4 Å². The molecule has 108 valence electrons. The molecule has 0 unspecified atom stereocenters. The molecule has 1 N–H and O–H groups in total. The van der Waals surface area contributed by atoms with Crippen molar-refractivity contribution in [1.82, 2.24) is 0 Å². The number of hydrogen-bond acceptors (Lipinski definition) is 3. The Bertz CT molecular complexity index is 676. The highest BCUT2D eigenvalue weighted by atomic mass is 35.5. The van der Waals surface area contributed by atoms with E-state index in [-0.39, 0.29) is 17.9 Å². The van der Waals surface area contributed by atoms with Crippen LogP contribution in [-0.2, 0) is 4.79 Å². The van der Waals surface area contributed by atoms with Gasteiger partial charge in [0.25, 0.3) is 5.91 Å². The zero-order chi connectivity index (χ0) is 15.2. The van der Waals surface area contributed by atoms with Crippen molar-refractivity contribution in [1.29, 1.82) is 0 Å². The maximum Gasteiger partial charge on any atom is 0.262 e. The Balaban J connectivity index is 1.93. The van der Waals surface area contributed by atoms with Gasteiger partial charge < -0.3 is 10.1 Å². The summed E-state index contributed by atoms with van der Waals surface area (Å²) in [6.45, 7) is -0.357. The van der Waals surface area contributed by atoms with Gasteiger partial charge in [0, 0.05) is 16.3 Å². The van der Waals surface area contributed by atoms with E-state index in [2.05, 4.69) is 5.32 Å². The van der Waals surface area contributed by atoms with Crippen LogP contribution in [0.2, 0.25) is 5.02 Å². The summed E-state index contributed by atoms with van der Waals surface area (Å²) in [6.07, 6.45) is 0.527. The standard InChI is InChI=1S/C15H11ClFNO3/c16-11-2-1-3-12(7-11)18-15(20)9-21-14-5-4-10(8-19)6-13(14)17/h1-8H,9H2,(H,18,20). The van der Waals surface area contributed by atoms with E-state index in [4.69, 9.17) is 16.3 Å². The number of halogens is 2. The number of carbonyl (C=O) groups is 2. The fraction of sp³-hybridized carbons (Fsp3) is 0.0667. The molecule has 21 heavy (non-hydrogen) atoms. The first-order valence-corrected chi connectivity index (χ1v) is 6.39. The van der Waals surface area contributed by atoms with E-state index in [1.54, 1.807) is 24.3 Å². The molecule has 0 heterocycles. The minimum atomic E-state index is -0.699. The van der Waals surface area contributed by atoms with Gasteiger partial charge in [0.05, 0.1) is 0 Å². The van der Waals surface area contributed by atoms with Crippen LogP contribution >= 0.6 is 11.6 Å². The Morgan fingerprint density at radius 1 is 1.29 bits per heavy atom. The van der Waals surface area contributed by atoms with Gasteiger partial charge in [-0.15, -0.1) is 0 Å². The van der Waals surface area contributed by atoms with Gasteiger partial charge >= 0.3 is 0 Å². The lowest BCUT2D eigenvalue weighted by atomic mass is 10.2. The molecule has 0 aliphatic heterocycles. The first kappa shape index (κ1) is 15.0. The summed E-state index contributed by atoms with van der Waals surface area (Å²) in [5.74, 6) is -1.24. The molecule has 2 rings (SSSR count). The number of benzene rings is 2. The fourth-order valence-corrected chi connectivity index (χ4v) is 1.80. The molecular formula is C15H11ClFNO3. The number of ether oxygens (including phenoxy) is 1. The second-order valence-electron chi connectivity index (χ2n) is 4.15. The van der Waals surface area contributed by atoms with Crippen LogP contribution in [0.5, 0.6) is 5.75 Å². The third-order valence-electron chi connectivity index (χ3n) is 2.56. The van der Waals surface area contributed by atoms with E-state index in [0.29, 0.717) is 17.0 Å². The van der Waals surface area contributed by atoms with E-state index >= 15 is 0 Å². The maximum absolute atomic E-state index is 13.5. The number of nitrogens with one attached hydrogen (secondary N) is 1. The average Bonchev–Trinajstić information content (AvgIpc) is 2.46. The summed E-state index contributed by atoms with van der Waals surface area (Å²) >= 11 is 5.79. The number of carbonyl (C=O) groups excluding carboxylic acids is 2. The molecule has 0 aliphatic carbocycles. The summed E-state index contributed by atoms with van der Waals surface area (Å²) in [5, 5.41) is 3.06. The van der Waals surface area contributed by atoms with Crippen molar-refractivity contribution in [3.8, 4) is 5.75 Å². The normalized spacial score (nSPS) is 10.0. The molecule has 0 aromatic heterocycles. The minimum Gasteiger partial charge on any atom is -0.481 e. The van der Waals surface area contributed by atoms with Crippen LogP contribution in [0.15, 0.2) is 42.5 Å². The minimum absolute atomic E-state index is 0.0955. The van der Waals surface area contributed by atoms with Gasteiger partial charge in [0.1, 0.15) is 6.29 Å². The Hall–Kier alpha value is -2.40. The van der Waals surface area contributed by atoms with E-state index in [9.17, 15) is 14.0 Å². The molecular weight excluding hydrogens is 297 g/mol. The average molecular weight is 308 g/mol. The molecule has 0 saturated carbocycles. The third kappa shape index (κ3) is 4.29. The zero-order valence-electron chi connectivity index (χ0n) is 10.8. The number of amides is 1. The molecule has 0 aliphatic rings. The smallest absolute Gasteiger partial charge is 0.262 e. The predicted molar refractivity (Wildman–Crippen MR) is 77.4 cm³/mol. The molecule has 0 atom stereocenters. The monoisotopic (exact) mass is 307 g/mol.